The Balaban J connectivity index is 1.99. The zero-order valence-electron chi connectivity index (χ0n) is 10.8. The molecular weight excluding hydrogens is 302 g/mol. The van der Waals surface area contributed by atoms with Crippen molar-refractivity contribution in [1.29, 1.82) is 0 Å². The van der Waals surface area contributed by atoms with E-state index in [-0.39, 0.29) is 0 Å². The van der Waals surface area contributed by atoms with Gasteiger partial charge in [0.05, 0.1) is 11.1 Å². The van der Waals surface area contributed by atoms with E-state index in [0.29, 0.717) is 13.2 Å². The van der Waals surface area contributed by atoms with Crippen LogP contribution in [0, 0.1) is 0 Å². The molecule has 0 aliphatic rings. The first-order valence-electron chi connectivity index (χ1n) is 6.45. The lowest BCUT2D eigenvalue weighted by Crippen LogP contribution is -2.07. The summed E-state index contributed by atoms with van der Waals surface area (Å²) < 4.78 is 6.91. The molecule has 0 fully saturated rings. The maximum atomic E-state index is 5.92. The van der Waals surface area contributed by atoms with Crippen LogP contribution in [0.1, 0.15) is 11.1 Å². The number of rotatable bonds is 6. The smallest absolute Gasteiger partial charge is 0.136 e. The van der Waals surface area contributed by atoms with Gasteiger partial charge in [-0.3, -0.25) is 0 Å². The normalized spacial score (nSPS) is 10.4. The SMILES string of the molecule is NCCc1cccc(Br)c1OCCc1ccccc1. The van der Waals surface area contributed by atoms with E-state index in [9.17, 15) is 0 Å². The Hall–Kier alpha value is -1.32. The van der Waals surface area contributed by atoms with E-state index in [0.717, 1.165) is 28.6 Å². The van der Waals surface area contributed by atoms with E-state index in [4.69, 9.17) is 10.5 Å². The zero-order valence-corrected chi connectivity index (χ0v) is 12.4. The fourth-order valence-electron chi connectivity index (χ4n) is 1.98. The van der Waals surface area contributed by atoms with Crippen molar-refractivity contribution in [3.8, 4) is 5.75 Å². The molecule has 19 heavy (non-hydrogen) atoms. The van der Waals surface area contributed by atoms with E-state index < -0.39 is 0 Å². The van der Waals surface area contributed by atoms with Crippen LogP contribution in [-0.4, -0.2) is 13.2 Å². The Morgan fingerprint density at radius 2 is 1.74 bits per heavy atom. The third-order valence-corrected chi connectivity index (χ3v) is 3.57. The Bertz CT molecular complexity index is 513. The summed E-state index contributed by atoms with van der Waals surface area (Å²) >= 11 is 3.54. The topological polar surface area (TPSA) is 35.2 Å². The van der Waals surface area contributed by atoms with Crippen LogP contribution in [0.2, 0.25) is 0 Å². The number of hydrogen-bond donors (Lipinski definition) is 1. The summed E-state index contributed by atoms with van der Waals surface area (Å²) in [5.74, 6) is 0.920. The monoisotopic (exact) mass is 319 g/mol. The van der Waals surface area contributed by atoms with E-state index in [2.05, 4.69) is 34.1 Å². The Morgan fingerprint density at radius 3 is 2.47 bits per heavy atom. The standard InChI is InChI=1S/C16H18BrNO/c17-15-8-4-7-14(9-11-18)16(15)19-12-10-13-5-2-1-3-6-13/h1-8H,9-12,18H2. The summed E-state index contributed by atoms with van der Waals surface area (Å²) in [5.41, 5.74) is 8.07. The Kier molecular flexibility index (Phi) is 5.43. The van der Waals surface area contributed by atoms with Gasteiger partial charge < -0.3 is 10.5 Å². The second-order valence-corrected chi connectivity index (χ2v) is 5.21. The largest absolute Gasteiger partial charge is 0.492 e. The van der Waals surface area contributed by atoms with Crippen molar-refractivity contribution in [3.05, 3.63) is 64.1 Å². The Morgan fingerprint density at radius 1 is 0.947 bits per heavy atom. The van der Waals surface area contributed by atoms with Gasteiger partial charge in [0.15, 0.2) is 0 Å². The number of hydrogen-bond acceptors (Lipinski definition) is 2. The highest BCUT2D eigenvalue weighted by molar-refractivity contribution is 9.10. The van der Waals surface area contributed by atoms with Gasteiger partial charge in [0.2, 0.25) is 0 Å². The fraction of sp³-hybridized carbons (Fsp3) is 0.250. The van der Waals surface area contributed by atoms with Crippen LogP contribution in [0.15, 0.2) is 53.0 Å². The van der Waals surface area contributed by atoms with Gasteiger partial charge >= 0.3 is 0 Å². The number of halogens is 1. The van der Waals surface area contributed by atoms with Gasteiger partial charge in [-0.25, -0.2) is 0 Å². The molecule has 2 nitrogen and oxygen atoms in total. The van der Waals surface area contributed by atoms with E-state index >= 15 is 0 Å². The summed E-state index contributed by atoms with van der Waals surface area (Å²) in [6, 6.07) is 16.4. The lowest BCUT2D eigenvalue weighted by molar-refractivity contribution is 0.316. The molecule has 0 saturated heterocycles. The van der Waals surface area contributed by atoms with E-state index in [1.807, 2.05) is 30.3 Å². The highest BCUT2D eigenvalue weighted by Gasteiger charge is 2.07. The van der Waals surface area contributed by atoms with Gasteiger partial charge in [0.25, 0.3) is 0 Å². The summed E-state index contributed by atoms with van der Waals surface area (Å²) in [5, 5.41) is 0. The number of nitrogens with two attached hydrogens (primary N) is 1. The Labute approximate surface area is 122 Å². The highest BCUT2D eigenvalue weighted by Crippen LogP contribution is 2.29. The molecule has 3 heteroatoms. The molecule has 2 rings (SSSR count). The third-order valence-electron chi connectivity index (χ3n) is 2.94. The van der Waals surface area contributed by atoms with Crippen LogP contribution in [-0.2, 0) is 12.8 Å². The highest BCUT2D eigenvalue weighted by atomic mass is 79.9. The summed E-state index contributed by atoms with van der Waals surface area (Å²) in [6.07, 6.45) is 1.74. The molecule has 0 atom stereocenters. The molecule has 2 aromatic carbocycles. The van der Waals surface area contributed by atoms with Gasteiger partial charge in [0.1, 0.15) is 5.75 Å². The van der Waals surface area contributed by atoms with Crippen molar-refractivity contribution < 1.29 is 4.74 Å². The molecule has 0 unspecified atom stereocenters. The minimum atomic E-state index is 0.630. The molecule has 0 bridgehead atoms. The second kappa shape index (κ2) is 7.31. The second-order valence-electron chi connectivity index (χ2n) is 4.35. The molecule has 0 amide bonds. The lowest BCUT2D eigenvalue weighted by Gasteiger charge is -2.13. The first kappa shape index (κ1) is 14.1. The molecule has 0 aliphatic heterocycles. The maximum Gasteiger partial charge on any atom is 0.136 e. The van der Waals surface area contributed by atoms with Crippen molar-refractivity contribution >= 4 is 15.9 Å². The number of ether oxygens (including phenoxy) is 1. The molecule has 0 saturated carbocycles. The molecule has 100 valence electrons. The molecular formula is C16H18BrNO. The van der Waals surface area contributed by atoms with Gasteiger partial charge in [-0.2, -0.15) is 0 Å². The first-order chi connectivity index (χ1) is 9.31. The van der Waals surface area contributed by atoms with E-state index in [1.54, 1.807) is 0 Å². The van der Waals surface area contributed by atoms with Gasteiger partial charge in [-0.15, -0.1) is 0 Å². The average Bonchev–Trinajstić information content (AvgIpc) is 2.43. The lowest BCUT2D eigenvalue weighted by atomic mass is 10.1. The quantitative estimate of drug-likeness (QED) is 0.883. The summed E-state index contributed by atoms with van der Waals surface area (Å²) in [6.45, 7) is 1.30. The molecule has 2 aromatic rings. The van der Waals surface area contributed by atoms with Crippen LogP contribution in [0.5, 0.6) is 5.75 Å². The van der Waals surface area contributed by atoms with Crippen LogP contribution in [0.25, 0.3) is 0 Å². The van der Waals surface area contributed by atoms with Crippen LogP contribution in [0.3, 0.4) is 0 Å². The molecule has 0 aromatic heterocycles. The molecule has 0 heterocycles. The van der Waals surface area contributed by atoms with Crippen molar-refractivity contribution in [1.82, 2.24) is 0 Å². The van der Waals surface area contributed by atoms with Crippen LogP contribution >= 0.6 is 15.9 Å². The van der Waals surface area contributed by atoms with Gasteiger partial charge in [-0.1, -0.05) is 42.5 Å². The van der Waals surface area contributed by atoms with Crippen molar-refractivity contribution in [2.24, 2.45) is 5.73 Å². The number of benzene rings is 2. The molecule has 0 spiro atoms. The maximum absolute atomic E-state index is 5.92. The van der Waals surface area contributed by atoms with Crippen LogP contribution in [0.4, 0.5) is 0 Å². The summed E-state index contributed by atoms with van der Waals surface area (Å²) in [7, 11) is 0. The minimum absolute atomic E-state index is 0.630. The van der Waals surface area contributed by atoms with Crippen molar-refractivity contribution in [2.45, 2.75) is 12.8 Å². The van der Waals surface area contributed by atoms with Crippen molar-refractivity contribution in [3.63, 3.8) is 0 Å². The predicted octanol–water partition coefficient (Wildman–Crippen LogP) is 3.57. The molecule has 2 N–H and O–H groups in total. The predicted molar refractivity (Wildman–Crippen MR) is 82.5 cm³/mol. The molecule has 0 radical (unpaired) electrons. The van der Waals surface area contributed by atoms with Gasteiger partial charge in [-0.05, 0) is 46.1 Å². The first-order valence-corrected chi connectivity index (χ1v) is 7.24. The van der Waals surface area contributed by atoms with Gasteiger partial charge in [0, 0.05) is 6.42 Å². The van der Waals surface area contributed by atoms with Crippen LogP contribution < -0.4 is 10.5 Å². The zero-order chi connectivity index (χ0) is 13.5. The minimum Gasteiger partial charge on any atom is -0.492 e. The third kappa shape index (κ3) is 4.08. The average molecular weight is 320 g/mol. The van der Waals surface area contributed by atoms with Crippen molar-refractivity contribution in [2.75, 3.05) is 13.2 Å². The molecule has 0 aliphatic carbocycles. The number of para-hydroxylation sites is 1. The van der Waals surface area contributed by atoms with E-state index in [1.165, 1.54) is 5.56 Å². The summed E-state index contributed by atoms with van der Waals surface area (Å²) in [4.78, 5) is 0. The fourth-order valence-corrected chi connectivity index (χ4v) is 2.50.